The second kappa shape index (κ2) is 5.08. The Morgan fingerprint density at radius 2 is 1.95 bits per heavy atom. The fourth-order valence-corrected chi connectivity index (χ4v) is 2.47. The molecule has 1 aromatic heterocycles. The third-order valence-corrected chi connectivity index (χ3v) is 3.61. The van der Waals surface area contributed by atoms with Crippen LogP contribution in [-0.4, -0.2) is 9.55 Å². The van der Waals surface area contributed by atoms with Crippen LogP contribution in [0.25, 0.3) is 16.7 Å². The van der Waals surface area contributed by atoms with E-state index in [9.17, 15) is 4.39 Å². The molecule has 2 nitrogen and oxygen atoms in total. The van der Waals surface area contributed by atoms with Crippen LogP contribution in [0.3, 0.4) is 0 Å². The lowest BCUT2D eigenvalue weighted by Gasteiger charge is -2.11. The Morgan fingerprint density at radius 3 is 2.65 bits per heavy atom. The lowest BCUT2D eigenvalue weighted by atomic mass is 10.2. The van der Waals surface area contributed by atoms with E-state index in [1.165, 1.54) is 12.1 Å². The fourth-order valence-electron chi connectivity index (χ4n) is 2.21. The molecule has 1 heterocycles. The van der Waals surface area contributed by atoms with E-state index in [0.717, 1.165) is 11.0 Å². The first-order valence-corrected chi connectivity index (χ1v) is 6.96. The van der Waals surface area contributed by atoms with Gasteiger partial charge < -0.3 is 0 Å². The minimum absolute atomic E-state index is 0.0960. The number of alkyl halides is 1. The van der Waals surface area contributed by atoms with E-state index >= 15 is 0 Å². The zero-order valence-corrected chi connectivity index (χ0v) is 12.2. The highest BCUT2D eigenvalue weighted by molar-refractivity contribution is 6.30. The van der Waals surface area contributed by atoms with Crippen molar-refractivity contribution in [2.45, 2.75) is 12.3 Å². The highest BCUT2D eigenvalue weighted by Gasteiger charge is 2.16. The van der Waals surface area contributed by atoms with E-state index in [0.29, 0.717) is 11.5 Å². The van der Waals surface area contributed by atoms with Crippen molar-refractivity contribution in [3.8, 4) is 5.69 Å². The zero-order valence-electron chi connectivity index (χ0n) is 10.6. The van der Waals surface area contributed by atoms with Crippen molar-refractivity contribution in [2.24, 2.45) is 0 Å². The predicted octanol–water partition coefficient (Wildman–Crippen LogP) is 5.12. The van der Waals surface area contributed by atoms with Crippen molar-refractivity contribution < 1.29 is 4.39 Å². The maximum atomic E-state index is 13.7. The molecule has 1 atom stereocenters. The number of hydrogen-bond acceptors (Lipinski definition) is 1. The molecule has 20 heavy (non-hydrogen) atoms. The van der Waals surface area contributed by atoms with Crippen molar-refractivity contribution in [1.29, 1.82) is 0 Å². The molecule has 0 N–H and O–H groups in total. The maximum absolute atomic E-state index is 13.7. The average Bonchev–Trinajstić information content (AvgIpc) is 2.81. The van der Waals surface area contributed by atoms with Gasteiger partial charge in [0.1, 0.15) is 11.6 Å². The maximum Gasteiger partial charge on any atom is 0.143 e. The first-order chi connectivity index (χ1) is 9.58. The summed E-state index contributed by atoms with van der Waals surface area (Å²) in [5.41, 5.74) is 2.37. The molecule has 0 bridgehead atoms. The van der Waals surface area contributed by atoms with Gasteiger partial charge in [0.05, 0.1) is 27.1 Å². The minimum Gasteiger partial charge on any atom is -0.295 e. The van der Waals surface area contributed by atoms with Crippen LogP contribution in [-0.2, 0) is 0 Å². The third-order valence-electron chi connectivity index (χ3n) is 3.10. The SMILES string of the molecule is CC(Cl)c1nc2ccccc2n1-c1ccc(Cl)c(F)c1. The molecule has 0 spiro atoms. The quantitative estimate of drug-likeness (QED) is 0.601. The number of halogens is 3. The molecule has 0 radical (unpaired) electrons. The molecule has 0 aliphatic rings. The normalized spacial score (nSPS) is 12.8. The molecule has 0 amide bonds. The summed E-state index contributed by atoms with van der Waals surface area (Å²) < 4.78 is 15.6. The van der Waals surface area contributed by atoms with Crippen LogP contribution < -0.4 is 0 Å². The Kier molecular flexibility index (Phi) is 3.40. The van der Waals surface area contributed by atoms with Gasteiger partial charge >= 0.3 is 0 Å². The summed E-state index contributed by atoms with van der Waals surface area (Å²) in [4.78, 5) is 4.52. The Morgan fingerprint density at radius 1 is 1.20 bits per heavy atom. The standard InChI is InChI=1S/C15H11Cl2FN2/c1-9(16)15-19-13-4-2-3-5-14(13)20(15)10-6-7-11(17)12(18)8-10/h2-9H,1H3. The summed E-state index contributed by atoms with van der Waals surface area (Å²) in [6, 6.07) is 12.3. The largest absolute Gasteiger partial charge is 0.295 e. The molecule has 0 fully saturated rings. The van der Waals surface area contributed by atoms with Gasteiger partial charge in [-0.15, -0.1) is 11.6 Å². The Balaban J connectivity index is 2.33. The van der Waals surface area contributed by atoms with Gasteiger partial charge in [-0.25, -0.2) is 9.37 Å². The number of hydrogen-bond donors (Lipinski definition) is 0. The molecule has 102 valence electrons. The summed E-state index contributed by atoms with van der Waals surface area (Å²) in [6.45, 7) is 1.84. The van der Waals surface area contributed by atoms with E-state index in [4.69, 9.17) is 23.2 Å². The smallest absolute Gasteiger partial charge is 0.143 e. The number of fused-ring (bicyclic) bond motifs is 1. The van der Waals surface area contributed by atoms with E-state index in [1.807, 2.05) is 35.8 Å². The lowest BCUT2D eigenvalue weighted by molar-refractivity contribution is 0.627. The first-order valence-electron chi connectivity index (χ1n) is 6.15. The molecule has 5 heteroatoms. The summed E-state index contributed by atoms with van der Waals surface area (Å²) in [5, 5.41) is -0.195. The molecule has 0 aliphatic carbocycles. The average molecular weight is 309 g/mol. The van der Waals surface area contributed by atoms with Gasteiger partial charge in [0.15, 0.2) is 0 Å². The first kappa shape index (κ1) is 13.4. The van der Waals surface area contributed by atoms with E-state index in [-0.39, 0.29) is 10.4 Å². The summed E-state index contributed by atoms with van der Waals surface area (Å²) in [7, 11) is 0. The Bertz CT molecular complexity index is 781. The molecule has 1 unspecified atom stereocenters. The monoisotopic (exact) mass is 308 g/mol. The lowest BCUT2D eigenvalue weighted by Crippen LogP contribution is -2.02. The Hall–Kier alpha value is -1.58. The van der Waals surface area contributed by atoms with Crippen LogP contribution in [0, 0.1) is 5.82 Å². The van der Waals surface area contributed by atoms with E-state index < -0.39 is 5.82 Å². The molecule has 2 aromatic carbocycles. The van der Waals surface area contributed by atoms with Crippen LogP contribution in [0.2, 0.25) is 5.02 Å². The number of benzene rings is 2. The van der Waals surface area contributed by atoms with Crippen LogP contribution in [0.15, 0.2) is 42.5 Å². The van der Waals surface area contributed by atoms with Crippen molar-refractivity contribution in [2.75, 3.05) is 0 Å². The van der Waals surface area contributed by atoms with E-state index in [1.54, 1.807) is 6.07 Å². The van der Waals surface area contributed by atoms with Gasteiger partial charge in [0, 0.05) is 0 Å². The van der Waals surface area contributed by atoms with Gasteiger partial charge in [-0.2, -0.15) is 0 Å². The second-order valence-corrected chi connectivity index (χ2v) is 5.57. The molecule has 0 saturated heterocycles. The molecule has 0 saturated carbocycles. The molecular weight excluding hydrogens is 298 g/mol. The summed E-state index contributed by atoms with van der Waals surface area (Å²) in [6.07, 6.45) is 0. The molecule has 3 rings (SSSR count). The van der Waals surface area contributed by atoms with Gasteiger partial charge in [-0.05, 0) is 37.3 Å². The molecular formula is C15H11Cl2FN2. The van der Waals surface area contributed by atoms with Gasteiger partial charge in [0.2, 0.25) is 0 Å². The number of nitrogens with zero attached hydrogens (tertiary/aromatic N) is 2. The van der Waals surface area contributed by atoms with Crippen molar-refractivity contribution in [3.05, 3.63) is 59.1 Å². The highest BCUT2D eigenvalue weighted by Crippen LogP contribution is 2.29. The molecule has 3 aromatic rings. The van der Waals surface area contributed by atoms with Gasteiger partial charge in [-0.3, -0.25) is 4.57 Å². The summed E-state index contributed by atoms with van der Waals surface area (Å²) >= 11 is 11.9. The highest BCUT2D eigenvalue weighted by atomic mass is 35.5. The number of aromatic nitrogens is 2. The Labute approximate surface area is 125 Å². The second-order valence-electron chi connectivity index (χ2n) is 4.51. The number of rotatable bonds is 2. The van der Waals surface area contributed by atoms with Crippen LogP contribution >= 0.6 is 23.2 Å². The third kappa shape index (κ3) is 2.17. The topological polar surface area (TPSA) is 17.8 Å². The number of para-hydroxylation sites is 2. The van der Waals surface area contributed by atoms with Gasteiger partial charge in [0.25, 0.3) is 0 Å². The number of imidazole rings is 1. The van der Waals surface area contributed by atoms with Crippen molar-refractivity contribution in [1.82, 2.24) is 9.55 Å². The van der Waals surface area contributed by atoms with Gasteiger partial charge in [-0.1, -0.05) is 23.7 Å². The zero-order chi connectivity index (χ0) is 14.3. The van der Waals surface area contributed by atoms with Crippen molar-refractivity contribution in [3.63, 3.8) is 0 Å². The minimum atomic E-state index is -0.463. The van der Waals surface area contributed by atoms with E-state index in [2.05, 4.69) is 4.98 Å². The fraction of sp³-hybridized carbons (Fsp3) is 0.133. The van der Waals surface area contributed by atoms with Crippen molar-refractivity contribution >= 4 is 34.2 Å². The summed E-state index contributed by atoms with van der Waals surface area (Å²) in [5.74, 6) is 0.213. The predicted molar refractivity (Wildman–Crippen MR) is 80.3 cm³/mol. The van der Waals surface area contributed by atoms with Crippen LogP contribution in [0.4, 0.5) is 4.39 Å². The van der Waals surface area contributed by atoms with Crippen LogP contribution in [0.5, 0.6) is 0 Å². The molecule has 0 aliphatic heterocycles. The van der Waals surface area contributed by atoms with Crippen LogP contribution in [0.1, 0.15) is 18.1 Å².